The van der Waals surface area contributed by atoms with Crippen LogP contribution in [0.3, 0.4) is 0 Å². The van der Waals surface area contributed by atoms with Crippen LogP contribution in [0.2, 0.25) is 0 Å². The van der Waals surface area contributed by atoms with E-state index in [0.717, 1.165) is 12.8 Å². The third-order valence-corrected chi connectivity index (χ3v) is 3.36. The molecule has 0 aliphatic carbocycles. The van der Waals surface area contributed by atoms with Gasteiger partial charge >= 0.3 is 7.82 Å². The smallest absolute Gasteiger partial charge is 0.391 e. The molecule has 4 nitrogen and oxygen atoms in total. The van der Waals surface area contributed by atoms with E-state index in [-0.39, 0.29) is 0 Å². The Bertz CT molecular complexity index is 362. The molecule has 0 aromatic heterocycles. The first-order valence-electron chi connectivity index (χ1n) is 4.96. The van der Waals surface area contributed by atoms with Crippen LogP contribution in [0.15, 0.2) is 24.3 Å². The van der Waals surface area contributed by atoms with Gasteiger partial charge in [-0.05, 0) is 18.6 Å². The Morgan fingerprint density at radius 1 is 1.27 bits per heavy atom. The second-order valence-electron chi connectivity index (χ2n) is 3.26. The minimum atomic E-state index is -3.38. The average Bonchev–Trinajstić information content (AvgIpc) is 2.54. The van der Waals surface area contributed by atoms with Gasteiger partial charge in [0.15, 0.2) is 11.5 Å². The van der Waals surface area contributed by atoms with Crippen molar-refractivity contribution in [3.63, 3.8) is 0 Å². The van der Waals surface area contributed by atoms with E-state index in [9.17, 15) is 4.57 Å². The lowest BCUT2D eigenvalue weighted by Crippen LogP contribution is -1.99. The molecule has 1 aliphatic heterocycles. The van der Waals surface area contributed by atoms with Gasteiger partial charge < -0.3 is 9.05 Å². The van der Waals surface area contributed by atoms with E-state index in [4.69, 9.17) is 13.6 Å². The zero-order chi connectivity index (χ0) is 10.7. The fraction of sp³-hybridized carbons (Fsp3) is 0.400. The van der Waals surface area contributed by atoms with Gasteiger partial charge in [-0.3, -0.25) is 4.52 Å². The SMILES string of the molecule is CCCCOP1(=O)Oc2ccccc2O1. The van der Waals surface area contributed by atoms with Gasteiger partial charge in [-0.2, -0.15) is 0 Å². The number of unbranched alkanes of at least 4 members (excludes halogenated alkanes) is 1. The summed E-state index contributed by atoms with van der Waals surface area (Å²) < 4.78 is 27.3. The van der Waals surface area contributed by atoms with Crippen molar-refractivity contribution in [3.8, 4) is 11.5 Å². The fourth-order valence-corrected chi connectivity index (χ4v) is 2.51. The lowest BCUT2D eigenvalue weighted by atomic mass is 10.3. The number of fused-ring (bicyclic) bond motifs is 1. The Morgan fingerprint density at radius 3 is 2.40 bits per heavy atom. The summed E-state index contributed by atoms with van der Waals surface area (Å²) in [5.74, 6) is 0.967. The lowest BCUT2D eigenvalue weighted by molar-refractivity contribution is 0.224. The number of para-hydroxylation sites is 2. The van der Waals surface area contributed by atoms with Crippen molar-refractivity contribution >= 4 is 7.82 Å². The van der Waals surface area contributed by atoms with Crippen molar-refractivity contribution < 1.29 is 18.1 Å². The summed E-state index contributed by atoms with van der Waals surface area (Å²) in [6.07, 6.45) is 1.82. The minimum Gasteiger partial charge on any atom is -0.391 e. The van der Waals surface area contributed by atoms with E-state index in [1.54, 1.807) is 24.3 Å². The van der Waals surface area contributed by atoms with Crippen molar-refractivity contribution in [2.45, 2.75) is 19.8 Å². The molecule has 2 rings (SSSR count). The van der Waals surface area contributed by atoms with Crippen LogP contribution >= 0.6 is 7.82 Å². The molecule has 1 heterocycles. The molecular formula is C10H13O4P. The molecule has 0 N–H and O–H groups in total. The van der Waals surface area contributed by atoms with E-state index in [2.05, 4.69) is 0 Å². The molecule has 0 bridgehead atoms. The van der Waals surface area contributed by atoms with Crippen LogP contribution in [-0.2, 0) is 9.09 Å². The van der Waals surface area contributed by atoms with Crippen LogP contribution in [0, 0.1) is 0 Å². The van der Waals surface area contributed by atoms with E-state index < -0.39 is 7.82 Å². The highest BCUT2D eigenvalue weighted by Crippen LogP contribution is 2.58. The van der Waals surface area contributed by atoms with Gasteiger partial charge in [0.2, 0.25) is 0 Å². The zero-order valence-corrected chi connectivity index (χ0v) is 9.41. The molecule has 0 atom stereocenters. The fourth-order valence-electron chi connectivity index (χ4n) is 1.23. The first kappa shape index (κ1) is 10.5. The van der Waals surface area contributed by atoms with Crippen molar-refractivity contribution in [1.82, 2.24) is 0 Å². The zero-order valence-electron chi connectivity index (χ0n) is 8.51. The summed E-state index contributed by atoms with van der Waals surface area (Å²) >= 11 is 0. The Balaban J connectivity index is 2.02. The Hall–Kier alpha value is -0.990. The third-order valence-electron chi connectivity index (χ3n) is 2.02. The van der Waals surface area contributed by atoms with Gasteiger partial charge in [-0.15, -0.1) is 0 Å². The summed E-state index contributed by atoms with van der Waals surface area (Å²) in [6, 6.07) is 7.00. The van der Waals surface area contributed by atoms with Gasteiger partial charge in [0, 0.05) is 0 Å². The molecule has 0 fully saturated rings. The maximum atomic E-state index is 11.9. The number of hydrogen-bond acceptors (Lipinski definition) is 4. The molecule has 0 spiro atoms. The quantitative estimate of drug-likeness (QED) is 0.585. The van der Waals surface area contributed by atoms with Gasteiger partial charge in [-0.25, -0.2) is 4.57 Å². The molecular weight excluding hydrogens is 215 g/mol. The van der Waals surface area contributed by atoms with Crippen molar-refractivity contribution in [1.29, 1.82) is 0 Å². The molecule has 0 saturated carbocycles. The standard InChI is InChI=1S/C10H13O4P/c1-2-3-8-12-15(11)13-9-6-4-5-7-10(9)14-15/h4-7H,2-3,8H2,1H3. The van der Waals surface area contributed by atoms with Crippen molar-refractivity contribution in [3.05, 3.63) is 24.3 Å². The van der Waals surface area contributed by atoms with Crippen molar-refractivity contribution in [2.24, 2.45) is 0 Å². The Morgan fingerprint density at radius 2 is 1.87 bits per heavy atom. The second-order valence-corrected chi connectivity index (χ2v) is 4.78. The number of phosphoric acid groups is 1. The molecule has 1 aromatic carbocycles. The molecule has 0 saturated heterocycles. The van der Waals surface area contributed by atoms with E-state index in [1.807, 2.05) is 6.92 Å². The maximum Gasteiger partial charge on any atom is 0.587 e. The van der Waals surface area contributed by atoms with Crippen LogP contribution in [-0.4, -0.2) is 6.61 Å². The summed E-state index contributed by atoms with van der Waals surface area (Å²) in [5.41, 5.74) is 0. The van der Waals surface area contributed by atoms with E-state index in [1.165, 1.54) is 0 Å². The third kappa shape index (κ3) is 2.33. The summed E-state index contributed by atoms with van der Waals surface area (Å²) in [6.45, 7) is 2.42. The first-order valence-corrected chi connectivity index (χ1v) is 6.42. The van der Waals surface area contributed by atoms with Crippen LogP contribution in [0.5, 0.6) is 11.5 Å². The van der Waals surface area contributed by atoms with Gasteiger partial charge in [0.25, 0.3) is 0 Å². The summed E-state index contributed by atoms with van der Waals surface area (Å²) in [5, 5.41) is 0. The molecule has 0 radical (unpaired) electrons. The maximum absolute atomic E-state index is 11.9. The summed E-state index contributed by atoms with van der Waals surface area (Å²) in [7, 11) is -3.38. The molecule has 1 aliphatic rings. The van der Waals surface area contributed by atoms with Crippen molar-refractivity contribution in [2.75, 3.05) is 6.61 Å². The second kappa shape index (κ2) is 4.25. The lowest BCUT2D eigenvalue weighted by Gasteiger charge is -2.08. The number of rotatable bonds is 4. The van der Waals surface area contributed by atoms with Gasteiger partial charge in [0.1, 0.15) is 0 Å². The molecule has 0 amide bonds. The molecule has 1 aromatic rings. The number of phosphoric ester groups is 1. The number of hydrogen-bond donors (Lipinski definition) is 0. The molecule has 15 heavy (non-hydrogen) atoms. The normalized spacial score (nSPS) is 16.6. The first-order chi connectivity index (χ1) is 7.23. The molecule has 5 heteroatoms. The average molecular weight is 228 g/mol. The van der Waals surface area contributed by atoms with Crippen LogP contribution in [0.4, 0.5) is 0 Å². The summed E-state index contributed by atoms with van der Waals surface area (Å²) in [4.78, 5) is 0. The Kier molecular flexibility index (Phi) is 2.98. The van der Waals surface area contributed by atoms with E-state index in [0.29, 0.717) is 18.1 Å². The van der Waals surface area contributed by atoms with E-state index >= 15 is 0 Å². The minimum absolute atomic E-state index is 0.391. The Labute approximate surface area is 88.8 Å². The predicted molar refractivity (Wildman–Crippen MR) is 56.2 cm³/mol. The van der Waals surface area contributed by atoms with Crippen LogP contribution < -0.4 is 9.05 Å². The highest BCUT2D eigenvalue weighted by atomic mass is 31.2. The molecule has 0 unspecified atom stereocenters. The van der Waals surface area contributed by atoms with Gasteiger partial charge in [0.05, 0.1) is 6.61 Å². The molecule has 82 valence electrons. The predicted octanol–water partition coefficient (Wildman–Crippen LogP) is 3.38. The van der Waals surface area contributed by atoms with Gasteiger partial charge in [-0.1, -0.05) is 25.5 Å². The van der Waals surface area contributed by atoms with Crippen LogP contribution in [0.25, 0.3) is 0 Å². The largest absolute Gasteiger partial charge is 0.587 e. The van der Waals surface area contributed by atoms with Crippen LogP contribution in [0.1, 0.15) is 19.8 Å². The highest BCUT2D eigenvalue weighted by Gasteiger charge is 2.38. The monoisotopic (exact) mass is 228 g/mol. The topological polar surface area (TPSA) is 44.8 Å². The number of benzene rings is 1. The highest BCUT2D eigenvalue weighted by molar-refractivity contribution is 7.49.